The summed E-state index contributed by atoms with van der Waals surface area (Å²) in [7, 11) is -1.05. The molecule has 0 aliphatic carbocycles. The number of nitrogens with one attached hydrogen (secondary N) is 2. The van der Waals surface area contributed by atoms with E-state index in [2.05, 4.69) is 20.1 Å². The van der Waals surface area contributed by atoms with Gasteiger partial charge in [0.2, 0.25) is 10.0 Å². The first-order valence-electron chi connectivity index (χ1n) is 12.6. The topological polar surface area (TPSA) is 128 Å². The summed E-state index contributed by atoms with van der Waals surface area (Å²) in [6, 6.07) is 18.9. The first kappa shape index (κ1) is 28.4. The number of aliphatic hydroxyl groups is 1. The summed E-state index contributed by atoms with van der Waals surface area (Å²) in [4.78, 5) is 4.05. The van der Waals surface area contributed by atoms with Crippen LogP contribution < -0.4 is 19.5 Å². The highest BCUT2D eigenvalue weighted by Gasteiger charge is 2.23. The molecule has 5 aromatic rings. The number of fused-ring (bicyclic) bond motifs is 1. The maximum Gasteiger partial charge on any atom is 0.243 e. The zero-order valence-corrected chi connectivity index (χ0v) is 23.9. The highest BCUT2D eigenvalue weighted by atomic mass is 35.5. The zero-order chi connectivity index (χ0) is 29.0. The third-order valence-electron chi connectivity index (χ3n) is 6.46. The van der Waals surface area contributed by atoms with Gasteiger partial charge in [0.25, 0.3) is 0 Å². The van der Waals surface area contributed by atoms with Crippen LogP contribution >= 0.6 is 11.6 Å². The molecule has 1 atom stereocenters. The number of nitrogens with zero attached hydrogens (tertiary/aromatic N) is 3. The van der Waals surface area contributed by atoms with Gasteiger partial charge in [-0.25, -0.2) is 17.8 Å². The Hall–Kier alpha value is -4.16. The summed E-state index contributed by atoms with van der Waals surface area (Å²) in [5.74, 6) is 1.07. The molecule has 0 aliphatic heterocycles. The highest BCUT2D eigenvalue weighted by molar-refractivity contribution is 7.89. The van der Waals surface area contributed by atoms with Crippen molar-refractivity contribution in [1.29, 1.82) is 0 Å². The Morgan fingerprint density at radius 1 is 1.02 bits per heavy atom. The van der Waals surface area contributed by atoms with E-state index in [1.54, 1.807) is 68.2 Å². The van der Waals surface area contributed by atoms with Gasteiger partial charge in [0.05, 0.1) is 26.1 Å². The molecule has 212 valence electrons. The van der Waals surface area contributed by atoms with Gasteiger partial charge in [-0.15, -0.1) is 0 Å². The molecular weight excluding hydrogens is 566 g/mol. The summed E-state index contributed by atoms with van der Waals surface area (Å²) >= 11 is 6.25. The van der Waals surface area contributed by atoms with Crippen molar-refractivity contribution in [3.63, 3.8) is 0 Å². The second-order valence-electron chi connectivity index (χ2n) is 9.15. The normalized spacial score (nSPS) is 12.3. The van der Waals surface area contributed by atoms with Gasteiger partial charge in [-0.1, -0.05) is 35.9 Å². The number of hydrogen-bond acceptors (Lipinski definition) is 8. The fourth-order valence-electron chi connectivity index (χ4n) is 4.36. The molecule has 3 N–H and O–H groups in total. The summed E-state index contributed by atoms with van der Waals surface area (Å²) in [5, 5.41) is 19.6. The van der Waals surface area contributed by atoms with Crippen molar-refractivity contribution in [3.8, 4) is 17.2 Å². The molecular formula is C29H28ClN5O5S. The second-order valence-corrected chi connectivity index (χ2v) is 11.3. The van der Waals surface area contributed by atoms with Gasteiger partial charge in [0.1, 0.15) is 28.1 Å². The number of sulfonamides is 1. The molecule has 0 spiro atoms. The quantitative estimate of drug-likeness (QED) is 0.190. The summed E-state index contributed by atoms with van der Waals surface area (Å²) in [5.41, 5.74) is 2.71. The molecule has 3 aromatic carbocycles. The molecule has 0 radical (unpaired) electrons. The van der Waals surface area contributed by atoms with E-state index in [9.17, 15) is 13.5 Å². The molecule has 0 bridgehead atoms. The molecule has 1 unspecified atom stereocenters. The fourth-order valence-corrected chi connectivity index (χ4v) is 5.80. The van der Waals surface area contributed by atoms with Crippen LogP contribution in [0.15, 0.2) is 90.2 Å². The van der Waals surface area contributed by atoms with E-state index in [0.29, 0.717) is 39.0 Å². The van der Waals surface area contributed by atoms with E-state index >= 15 is 0 Å². The number of rotatable bonds is 11. The molecule has 12 heteroatoms. The van der Waals surface area contributed by atoms with Crippen LogP contribution in [0.2, 0.25) is 5.02 Å². The van der Waals surface area contributed by atoms with Crippen LogP contribution in [0.25, 0.3) is 16.6 Å². The lowest BCUT2D eigenvalue weighted by Crippen LogP contribution is -2.26. The van der Waals surface area contributed by atoms with Crippen LogP contribution in [0.3, 0.4) is 0 Å². The van der Waals surface area contributed by atoms with Crippen LogP contribution in [0.5, 0.6) is 11.5 Å². The van der Waals surface area contributed by atoms with E-state index in [1.165, 1.54) is 17.9 Å². The fraction of sp³-hybridized carbons (Fsp3) is 0.172. The average molecular weight is 594 g/mol. The third kappa shape index (κ3) is 6.44. The van der Waals surface area contributed by atoms with E-state index in [-0.39, 0.29) is 17.9 Å². The molecule has 0 saturated carbocycles. The van der Waals surface area contributed by atoms with Gasteiger partial charge < -0.3 is 19.9 Å². The monoisotopic (exact) mass is 593 g/mol. The molecule has 2 aromatic heterocycles. The minimum atomic E-state index is -4.10. The van der Waals surface area contributed by atoms with Gasteiger partial charge >= 0.3 is 0 Å². The lowest BCUT2D eigenvalue weighted by molar-refractivity contribution is 0.204. The molecule has 0 amide bonds. The molecule has 41 heavy (non-hydrogen) atoms. The van der Waals surface area contributed by atoms with Crippen molar-refractivity contribution < 1.29 is 23.0 Å². The molecule has 0 saturated heterocycles. The van der Waals surface area contributed by atoms with Gasteiger partial charge in [-0.05, 0) is 42.0 Å². The van der Waals surface area contributed by atoms with Crippen molar-refractivity contribution >= 4 is 38.2 Å². The first-order valence-corrected chi connectivity index (χ1v) is 14.5. The number of hydrogen-bond donors (Lipinski definition) is 3. The number of halogens is 1. The number of benzene rings is 3. The van der Waals surface area contributed by atoms with Crippen molar-refractivity contribution in [2.24, 2.45) is 0 Å². The first-order chi connectivity index (χ1) is 19.8. The Bertz CT molecular complexity index is 1760. The van der Waals surface area contributed by atoms with Crippen molar-refractivity contribution in [3.05, 3.63) is 101 Å². The van der Waals surface area contributed by atoms with Gasteiger partial charge in [0, 0.05) is 53.1 Å². The number of ether oxygens (including phenoxy) is 2. The largest absolute Gasteiger partial charge is 0.497 e. The SMILES string of the molecule is COc1ccc(CNS(=O)(=O)c2cc(NC(O)Cc3ccccc3Cl)ccc2-n2cc3ccncc3n2)c(OC)c1. The second kappa shape index (κ2) is 12.1. The lowest BCUT2D eigenvalue weighted by Gasteiger charge is -2.18. The minimum absolute atomic E-state index is 0.0350. The molecule has 10 nitrogen and oxygen atoms in total. The smallest absolute Gasteiger partial charge is 0.243 e. The standard InChI is InChI=1S/C29H28ClN5O5S/c1-39-23-9-7-20(27(15-23)40-2)16-32-41(37,38)28-14-22(33-29(36)13-19-5-3-4-6-24(19)30)8-10-26(28)35-18-21-11-12-31-17-25(21)34-35/h3-12,14-15,17-18,29,32-33,36H,13,16H2,1-2H3. The Kier molecular flexibility index (Phi) is 8.41. The number of anilines is 1. The molecule has 2 heterocycles. The molecule has 0 aliphatic rings. The Morgan fingerprint density at radius 3 is 2.61 bits per heavy atom. The third-order valence-corrected chi connectivity index (χ3v) is 8.26. The highest BCUT2D eigenvalue weighted by Crippen LogP contribution is 2.28. The Labute approximate surface area is 242 Å². The summed E-state index contributed by atoms with van der Waals surface area (Å²) in [6.45, 7) is -0.0350. The van der Waals surface area contributed by atoms with Crippen molar-refractivity contribution in [2.45, 2.75) is 24.1 Å². The molecule has 0 fully saturated rings. The average Bonchev–Trinajstić information content (AvgIpc) is 3.41. The predicted octanol–water partition coefficient (Wildman–Crippen LogP) is 4.54. The van der Waals surface area contributed by atoms with Gasteiger partial charge in [0.15, 0.2) is 0 Å². The van der Waals surface area contributed by atoms with Crippen LogP contribution in [-0.4, -0.2) is 48.7 Å². The Balaban J connectivity index is 1.48. The summed E-state index contributed by atoms with van der Waals surface area (Å²) in [6.07, 6.45) is 4.18. The van der Waals surface area contributed by atoms with E-state index in [1.807, 2.05) is 18.2 Å². The number of aromatic nitrogens is 3. The van der Waals surface area contributed by atoms with Crippen LogP contribution in [0.1, 0.15) is 11.1 Å². The number of aliphatic hydroxyl groups excluding tert-OH is 1. The maximum absolute atomic E-state index is 13.8. The number of pyridine rings is 1. The minimum Gasteiger partial charge on any atom is -0.497 e. The maximum atomic E-state index is 13.8. The van der Waals surface area contributed by atoms with Crippen molar-refractivity contribution in [1.82, 2.24) is 19.5 Å². The zero-order valence-electron chi connectivity index (χ0n) is 22.3. The summed E-state index contributed by atoms with van der Waals surface area (Å²) < 4.78 is 42.4. The number of methoxy groups -OCH3 is 2. The Morgan fingerprint density at radius 2 is 1.85 bits per heavy atom. The van der Waals surface area contributed by atoms with Crippen LogP contribution in [0.4, 0.5) is 5.69 Å². The lowest BCUT2D eigenvalue weighted by atomic mass is 10.1. The van der Waals surface area contributed by atoms with E-state index < -0.39 is 16.3 Å². The van der Waals surface area contributed by atoms with E-state index in [0.717, 1.165) is 10.9 Å². The van der Waals surface area contributed by atoms with Gasteiger partial charge in [-0.2, -0.15) is 5.10 Å². The van der Waals surface area contributed by atoms with Gasteiger partial charge in [-0.3, -0.25) is 4.98 Å². The van der Waals surface area contributed by atoms with Crippen LogP contribution in [-0.2, 0) is 23.0 Å². The van der Waals surface area contributed by atoms with Crippen LogP contribution in [0, 0.1) is 0 Å². The predicted molar refractivity (Wildman–Crippen MR) is 157 cm³/mol. The van der Waals surface area contributed by atoms with Crippen molar-refractivity contribution in [2.75, 3.05) is 19.5 Å². The van der Waals surface area contributed by atoms with E-state index in [4.69, 9.17) is 21.1 Å². The molecule has 5 rings (SSSR count).